The second-order valence-corrected chi connectivity index (χ2v) is 3.17. The maximum Gasteiger partial charge on any atom is 0.146 e. The molecular weight excluding hydrogens is 183 g/mol. The Labute approximate surface area is 83.4 Å². The summed E-state index contributed by atoms with van der Waals surface area (Å²) in [6.07, 6.45) is 0. The van der Waals surface area contributed by atoms with Crippen LogP contribution in [0.2, 0.25) is 0 Å². The minimum Gasteiger partial charge on any atom is -0.375 e. The molecule has 1 rings (SSSR count). The van der Waals surface area contributed by atoms with Crippen molar-refractivity contribution in [1.29, 1.82) is 0 Å². The topological polar surface area (TPSA) is 24.5 Å². The van der Waals surface area contributed by atoms with Crippen LogP contribution in [-0.2, 0) is 11.4 Å². The van der Waals surface area contributed by atoms with Gasteiger partial charge in [-0.3, -0.25) is 0 Å². The van der Waals surface area contributed by atoms with Gasteiger partial charge in [0.05, 0.1) is 12.8 Å². The Balaban J connectivity index is 2.96. The third-order valence-corrected chi connectivity index (χ3v) is 1.92. The van der Waals surface area contributed by atoms with Crippen molar-refractivity contribution in [3.05, 3.63) is 29.6 Å². The minimum absolute atomic E-state index is 0.217. The molecule has 3 nitrogen and oxygen atoms in total. The fourth-order valence-corrected chi connectivity index (χ4v) is 1.35. The van der Waals surface area contributed by atoms with E-state index < -0.39 is 0 Å². The van der Waals surface area contributed by atoms with Crippen LogP contribution < -0.4 is 10.4 Å². The first-order valence-electron chi connectivity index (χ1n) is 4.37. The van der Waals surface area contributed by atoms with E-state index in [2.05, 4.69) is 5.48 Å². The number of hydrogen-bond acceptors (Lipinski definition) is 3. The van der Waals surface area contributed by atoms with Gasteiger partial charge in [0.25, 0.3) is 0 Å². The van der Waals surface area contributed by atoms with Crippen LogP contribution in [0, 0.1) is 5.82 Å². The van der Waals surface area contributed by atoms with Crippen LogP contribution in [0.5, 0.6) is 0 Å². The summed E-state index contributed by atoms with van der Waals surface area (Å²) in [5, 5.41) is 0. The largest absolute Gasteiger partial charge is 0.375 e. The van der Waals surface area contributed by atoms with Crippen LogP contribution in [0.3, 0.4) is 0 Å². The molecule has 0 spiro atoms. The van der Waals surface area contributed by atoms with Gasteiger partial charge in [0.2, 0.25) is 0 Å². The summed E-state index contributed by atoms with van der Waals surface area (Å²) < 4.78 is 13.4. The van der Waals surface area contributed by atoms with Crippen molar-refractivity contribution in [2.45, 2.75) is 6.54 Å². The van der Waals surface area contributed by atoms with Gasteiger partial charge in [-0.25, -0.2) is 4.39 Å². The van der Waals surface area contributed by atoms with Crippen molar-refractivity contribution in [3.63, 3.8) is 0 Å². The maximum absolute atomic E-state index is 13.4. The quantitative estimate of drug-likeness (QED) is 0.743. The van der Waals surface area contributed by atoms with Gasteiger partial charge in [-0.15, -0.1) is 0 Å². The van der Waals surface area contributed by atoms with Gasteiger partial charge in [-0.05, 0) is 11.6 Å². The number of rotatable bonds is 4. The number of para-hydroxylation sites is 1. The van der Waals surface area contributed by atoms with Crippen molar-refractivity contribution in [2.24, 2.45) is 0 Å². The molecule has 1 N–H and O–H groups in total. The van der Waals surface area contributed by atoms with Gasteiger partial charge in [-0.2, -0.15) is 5.48 Å². The molecule has 0 atom stereocenters. The van der Waals surface area contributed by atoms with Gasteiger partial charge >= 0.3 is 0 Å². The lowest BCUT2D eigenvalue weighted by Crippen LogP contribution is -2.17. The summed E-state index contributed by atoms with van der Waals surface area (Å²) in [5.74, 6) is -0.217. The first kappa shape index (κ1) is 10.9. The zero-order chi connectivity index (χ0) is 10.6. The third-order valence-electron chi connectivity index (χ3n) is 1.92. The van der Waals surface area contributed by atoms with Gasteiger partial charge in [0.1, 0.15) is 5.82 Å². The highest BCUT2D eigenvalue weighted by atomic mass is 19.1. The fraction of sp³-hybridized carbons (Fsp3) is 0.400. The van der Waals surface area contributed by atoms with E-state index in [4.69, 9.17) is 4.84 Å². The predicted octanol–water partition coefficient (Wildman–Crippen LogP) is 1.54. The Morgan fingerprint density at radius 2 is 2.14 bits per heavy atom. The molecule has 0 amide bonds. The van der Waals surface area contributed by atoms with Crippen molar-refractivity contribution in [2.75, 3.05) is 26.1 Å². The number of halogens is 1. The van der Waals surface area contributed by atoms with Crippen molar-refractivity contribution in [1.82, 2.24) is 5.48 Å². The first-order valence-corrected chi connectivity index (χ1v) is 4.37. The van der Waals surface area contributed by atoms with E-state index in [1.807, 2.05) is 20.2 Å². The average molecular weight is 198 g/mol. The van der Waals surface area contributed by atoms with E-state index in [0.29, 0.717) is 12.2 Å². The summed E-state index contributed by atoms with van der Waals surface area (Å²) in [6.45, 7) is 0.488. The van der Waals surface area contributed by atoms with Gasteiger partial charge < -0.3 is 9.74 Å². The SMILES string of the molecule is CONCc1cccc(F)c1N(C)C. The molecular formula is C10H15FN2O. The molecule has 14 heavy (non-hydrogen) atoms. The van der Waals surface area contributed by atoms with E-state index in [9.17, 15) is 4.39 Å². The number of anilines is 1. The molecule has 0 heterocycles. The summed E-state index contributed by atoms with van der Waals surface area (Å²) in [7, 11) is 5.16. The van der Waals surface area contributed by atoms with Gasteiger partial charge in [0.15, 0.2) is 0 Å². The highest BCUT2D eigenvalue weighted by Gasteiger charge is 2.09. The Kier molecular flexibility index (Phi) is 3.85. The summed E-state index contributed by atoms with van der Waals surface area (Å²) in [5.41, 5.74) is 4.16. The van der Waals surface area contributed by atoms with Crippen LogP contribution >= 0.6 is 0 Å². The lowest BCUT2D eigenvalue weighted by atomic mass is 10.1. The van der Waals surface area contributed by atoms with Crippen LogP contribution in [0.25, 0.3) is 0 Å². The molecule has 0 unspecified atom stereocenters. The van der Waals surface area contributed by atoms with Crippen LogP contribution in [0.15, 0.2) is 18.2 Å². The lowest BCUT2D eigenvalue weighted by Gasteiger charge is -2.18. The highest BCUT2D eigenvalue weighted by Crippen LogP contribution is 2.22. The number of hydrogen-bond donors (Lipinski definition) is 1. The summed E-state index contributed by atoms with van der Waals surface area (Å²) >= 11 is 0. The molecule has 78 valence electrons. The number of nitrogens with zero attached hydrogens (tertiary/aromatic N) is 1. The molecule has 1 aromatic rings. The molecule has 4 heteroatoms. The number of nitrogens with one attached hydrogen (secondary N) is 1. The van der Waals surface area contributed by atoms with E-state index in [1.54, 1.807) is 11.0 Å². The smallest absolute Gasteiger partial charge is 0.146 e. The molecule has 1 aromatic carbocycles. The van der Waals surface area contributed by atoms with Crippen LogP contribution in [0.4, 0.5) is 10.1 Å². The second-order valence-electron chi connectivity index (χ2n) is 3.17. The molecule has 0 aliphatic heterocycles. The number of benzene rings is 1. The zero-order valence-corrected chi connectivity index (χ0v) is 8.67. The third kappa shape index (κ3) is 2.43. The van der Waals surface area contributed by atoms with Gasteiger partial charge in [-0.1, -0.05) is 12.1 Å². The number of hydroxylamine groups is 1. The van der Waals surface area contributed by atoms with Crippen molar-refractivity contribution >= 4 is 5.69 Å². The molecule has 0 saturated heterocycles. The monoisotopic (exact) mass is 198 g/mol. The normalized spacial score (nSPS) is 10.3. The molecule has 0 radical (unpaired) electrons. The first-order chi connectivity index (χ1) is 6.66. The predicted molar refractivity (Wildman–Crippen MR) is 54.6 cm³/mol. The maximum atomic E-state index is 13.4. The zero-order valence-electron chi connectivity index (χ0n) is 8.67. The summed E-state index contributed by atoms with van der Waals surface area (Å²) in [6, 6.07) is 5.01. The molecule has 0 aliphatic rings. The lowest BCUT2D eigenvalue weighted by molar-refractivity contribution is 0.0867. The Hall–Kier alpha value is -1.13. The van der Waals surface area contributed by atoms with Crippen molar-refractivity contribution in [3.8, 4) is 0 Å². The van der Waals surface area contributed by atoms with Crippen LogP contribution in [0.1, 0.15) is 5.56 Å². The van der Waals surface area contributed by atoms with E-state index >= 15 is 0 Å². The molecule has 0 fully saturated rings. The second kappa shape index (κ2) is 4.93. The highest BCUT2D eigenvalue weighted by molar-refractivity contribution is 5.53. The standard InChI is InChI=1S/C10H15FN2O/c1-13(2)10-8(7-12-14-3)5-4-6-9(10)11/h4-6,12H,7H2,1-3H3. The molecule has 0 aromatic heterocycles. The minimum atomic E-state index is -0.217. The Bertz CT molecular complexity index is 302. The molecule has 0 bridgehead atoms. The molecule has 0 aliphatic carbocycles. The van der Waals surface area contributed by atoms with E-state index in [1.165, 1.54) is 13.2 Å². The van der Waals surface area contributed by atoms with Crippen LogP contribution in [-0.4, -0.2) is 21.2 Å². The van der Waals surface area contributed by atoms with E-state index in [-0.39, 0.29) is 5.82 Å². The molecule has 0 saturated carbocycles. The van der Waals surface area contributed by atoms with Gasteiger partial charge in [0, 0.05) is 20.6 Å². The Morgan fingerprint density at radius 1 is 1.43 bits per heavy atom. The average Bonchev–Trinajstić information content (AvgIpc) is 2.14. The fourth-order valence-electron chi connectivity index (χ4n) is 1.35. The summed E-state index contributed by atoms with van der Waals surface area (Å²) in [4.78, 5) is 6.48. The van der Waals surface area contributed by atoms with Crippen molar-refractivity contribution < 1.29 is 9.23 Å². The van der Waals surface area contributed by atoms with E-state index in [0.717, 1.165) is 5.56 Å². The Morgan fingerprint density at radius 3 is 2.71 bits per heavy atom.